The quantitative estimate of drug-likeness (QED) is 0.895. The summed E-state index contributed by atoms with van der Waals surface area (Å²) in [7, 11) is 0. The van der Waals surface area contributed by atoms with Crippen molar-refractivity contribution >= 4 is 11.6 Å². The first-order valence-electron chi connectivity index (χ1n) is 6.39. The number of unbranched alkanes of at least 4 members (excludes halogenated alkanes) is 1. The smallest absolute Gasteiger partial charge is 0.247 e. The molecule has 1 N–H and O–H groups in total. The molecule has 0 aliphatic carbocycles. The highest BCUT2D eigenvalue weighted by molar-refractivity contribution is 5.91. The second-order valence-electron chi connectivity index (χ2n) is 4.36. The van der Waals surface area contributed by atoms with Crippen LogP contribution in [0.15, 0.2) is 28.7 Å². The maximum atomic E-state index is 11.7. The molecule has 5 nitrogen and oxygen atoms in total. The maximum absolute atomic E-state index is 11.7. The van der Waals surface area contributed by atoms with Crippen molar-refractivity contribution in [3.63, 3.8) is 0 Å². The van der Waals surface area contributed by atoms with Crippen LogP contribution in [-0.4, -0.2) is 16.1 Å². The minimum Gasteiger partial charge on any atom is -0.421 e. The van der Waals surface area contributed by atoms with Crippen molar-refractivity contribution in [3.8, 4) is 11.5 Å². The van der Waals surface area contributed by atoms with E-state index in [2.05, 4.69) is 22.4 Å². The summed E-state index contributed by atoms with van der Waals surface area (Å²) < 4.78 is 5.36. The molecule has 0 saturated heterocycles. The fourth-order valence-electron chi connectivity index (χ4n) is 1.70. The van der Waals surface area contributed by atoms with Crippen molar-refractivity contribution in [2.45, 2.75) is 33.1 Å². The van der Waals surface area contributed by atoms with Gasteiger partial charge in [0.15, 0.2) is 0 Å². The molecule has 2 rings (SSSR count). The van der Waals surface area contributed by atoms with Crippen LogP contribution in [-0.2, 0) is 4.79 Å². The minimum atomic E-state index is 0.0284. The highest BCUT2D eigenvalue weighted by Crippen LogP contribution is 2.21. The van der Waals surface area contributed by atoms with Gasteiger partial charge in [0.2, 0.25) is 17.7 Å². The fourth-order valence-corrected chi connectivity index (χ4v) is 1.70. The molecule has 1 aromatic carbocycles. The van der Waals surface area contributed by atoms with Crippen molar-refractivity contribution in [2.24, 2.45) is 0 Å². The number of rotatable bonds is 5. The fraction of sp³-hybridized carbons (Fsp3) is 0.357. The number of aromatic nitrogens is 2. The number of aryl methyl sites for hydroxylation is 1. The predicted octanol–water partition coefficient (Wildman–Crippen LogP) is 3.17. The van der Waals surface area contributed by atoms with Gasteiger partial charge in [-0.25, -0.2) is 0 Å². The third kappa shape index (κ3) is 3.64. The Labute approximate surface area is 112 Å². The molecule has 0 unspecified atom stereocenters. The largest absolute Gasteiger partial charge is 0.421 e. The third-order valence-corrected chi connectivity index (χ3v) is 2.68. The van der Waals surface area contributed by atoms with Crippen molar-refractivity contribution in [1.29, 1.82) is 0 Å². The van der Waals surface area contributed by atoms with Gasteiger partial charge in [-0.05, 0) is 24.6 Å². The van der Waals surface area contributed by atoms with Crippen molar-refractivity contribution in [1.82, 2.24) is 10.2 Å². The van der Waals surface area contributed by atoms with Crippen LogP contribution < -0.4 is 5.32 Å². The standard InChI is InChI=1S/C14H17N3O2/c1-3-4-8-13(18)15-12-7-5-6-11(9-12)14-17-16-10(2)19-14/h5-7,9H,3-4,8H2,1-2H3,(H,15,18). The van der Waals surface area contributed by atoms with Gasteiger partial charge in [-0.2, -0.15) is 0 Å². The van der Waals surface area contributed by atoms with Crippen LogP contribution in [0.25, 0.3) is 11.5 Å². The van der Waals surface area contributed by atoms with E-state index in [-0.39, 0.29) is 5.91 Å². The zero-order valence-corrected chi connectivity index (χ0v) is 11.1. The van der Waals surface area contributed by atoms with Crippen LogP contribution in [0.5, 0.6) is 0 Å². The zero-order chi connectivity index (χ0) is 13.7. The van der Waals surface area contributed by atoms with Gasteiger partial charge < -0.3 is 9.73 Å². The van der Waals surface area contributed by atoms with E-state index in [4.69, 9.17) is 4.42 Å². The Morgan fingerprint density at radius 1 is 1.37 bits per heavy atom. The van der Waals surface area contributed by atoms with Crippen LogP contribution >= 0.6 is 0 Å². The van der Waals surface area contributed by atoms with E-state index < -0.39 is 0 Å². The summed E-state index contributed by atoms with van der Waals surface area (Å²) in [5.41, 5.74) is 1.54. The Kier molecular flexibility index (Phi) is 4.28. The molecule has 0 saturated carbocycles. The van der Waals surface area contributed by atoms with Gasteiger partial charge in [-0.3, -0.25) is 4.79 Å². The van der Waals surface area contributed by atoms with Gasteiger partial charge in [-0.1, -0.05) is 19.4 Å². The van der Waals surface area contributed by atoms with Crippen molar-refractivity contribution in [2.75, 3.05) is 5.32 Å². The molecule has 1 heterocycles. The second kappa shape index (κ2) is 6.13. The van der Waals surface area contributed by atoms with Crippen molar-refractivity contribution in [3.05, 3.63) is 30.2 Å². The summed E-state index contributed by atoms with van der Waals surface area (Å²) in [5, 5.41) is 10.6. The molecule has 0 aliphatic heterocycles. The molecule has 1 aromatic heterocycles. The Morgan fingerprint density at radius 3 is 2.89 bits per heavy atom. The molecule has 0 radical (unpaired) electrons. The highest BCUT2D eigenvalue weighted by atomic mass is 16.4. The molecule has 0 aliphatic rings. The van der Waals surface area contributed by atoms with Crippen LogP contribution in [0.1, 0.15) is 32.1 Å². The Hall–Kier alpha value is -2.17. The number of anilines is 1. The topological polar surface area (TPSA) is 68.0 Å². The first-order valence-corrected chi connectivity index (χ1v) is 6.39. The SMILES string of the molecule is CCCCC(=O)Nc1cccc(-c2nnc(C)o2)c1. The summed E-state index contributed by atoms with van der Waals surface area (Å²) in [6, 6.07) is 7.40. The number of carbonyl (C=O) groups is 1. The number of nitrogens with zero attached hydrogens (tertiary/aromatic N) is 2. The minimum absolute atomic E-state index is 0.0284. The molecule has 0 spiro atoms. The van der Waals surface area contributed by atoms with Gasteiger partial charge in [0.05, 0.1) is 0 Å². The van der Waals surface area contributed by atoms with Gasteiger partial charge in [0.25, 0.3) is 0 Å². The molecular weight excluding hydrogens is 242 g/mol. The van der Waals surface area contributed by atoms with E-state index in [1.165, 1.54) is 0 Å². The molecule has 2 aromatic rings. The van der Waals surface area contributed by atoms with E-state index in [0.717, 1.165) is 24.1 Å². The Morgan fingerprint density at radius 2 is 2.21 bits per heavy atom. The summed E-state index contributed by atoms with van der Waals surface area (Å²) in [6.07, 6.45) is 2.45. The molecule has 1 amide bonds. The van der Waals surface area contributed by atoms with Gasteiger partial charge in [-0.15, -0.1) is 10.2 Å². The van der Waals surface area contributed by atoms with Crippen LogP contribution in [0.4, 0.5) is 5.69 Å². The molecule has 0 fully saturated rings. The molecule has 0 bridgehead atoms. The molecule has 100 valence electrons. The van der Waals surface area contributed by atoms with Crippen LogP contribution in [0.3, 0.4) is 0 Å². The number of amides is 1. The number of carbonyl (C=O) groups excluding carboxylic acids is 1. The van der Waals surface area contributed by atoms with E-state index in [1.807, 2.05) is 24.3 Å². The van der Waals surface area contributed by atoms with E-state index in [1.54, 1.807) is 6.92 Å². The number of benzene rings is 1. The normalized spacial score (nSPS) is 10.4. The lowest BCUT2D eigenvalue weighted by molar-refractivity contribution is -0.116. The molecule has 19 heavy (non-hydrogen) atoms. The van der Waals surface area contributed by atoms with Crippen molar-refractivity contribution < 1.29 is 9.21 Å². The number of hydrogen-bond donors (Lipinski definition) is 1. The first kappa shape index (κ1) is 13.3. The molecule has 5 heteroatoms. The molecule has 0 atom stereocenters. The summed E-state index contributed by atoms with van der Waals surface area (Å²) in [6.45, 7) is 3.80. The van der Waals surface area contributed by atoms with Gasteiger partial charge in [0.1, 0.15) is 0 Å². The highest BCUT2D eigenvalue weighted by Gasteiger charge is 2.07. The average molecular weight is 259 g/mol. The number of hydrogen-bond acceptors (Lipinski definition) is 4. The van der Waals surface area contributed by atoms with E-state index >= 15 is 0 Å². The maximum Gasteiger partial charge on any atom is 0.247 e. The lowest BCUT2D eigenvalue weighted by Gasteiger charge is -2.05. The lowest BCUT2D eigenvalue weighted by atomic mass is 10.2. The summed E-state index contributed by atoms with van der Waals surface area (Å²) >= 11 is 0. The summed E-state index contributed by atoms with van der Waals surface area (Å²) in [5.74, 6) is 1.01. The number of nitrogens with one attached hydrogen (secondary N) is 1. The zero-order valence-electron chi connectivity index (χ0n) is 11.1. The van der Waals surface area contributed by atoms with E-state index in [9.17, 15) is 4.79 Å². The Balaban J connectivity index is 2.09. The van der Waals surface area contributed by atoms with E-state index in [0.29, 0.717) is 18.2 Å². The van der Waals surface area contributed by atoms with Gasteiger partial charge in [0, 0.05) is 24.6 Å². The second-order valence-corrected chi connectivity index (χ2v) is 4.36. The molecular formula is C14H17N3O2. The predicted molar refractivity (Wildman–Crippen MR) is 72.6 cm³/mol. The van der Waals surface area contributed by atoms with Gasteiger partial charge >= 0.3 is 0 Å². The monoisotopic (exact) mass is 259 g/mol. The van der Waals surface area contributed by atoms with Crippen LogP contribution in [0, 0.1) is 6.92 Å². The average Bonchev–Trinajstić information content (AvgIpc) is 2.83. The summed E-state index contributed by atoms with van der Waals surface area (Å²) in [4.78, 5) is 11.7. The van der Waals surface area contributed by atoms with Crippen LogP contribution in [0.2, 0.25) is 0 Å². The lowest BCUT2D eigenvalue weighted by Crippen LogP contribution is -2.10. The Bertz CT molecular complexity index is 563. The first-order chi connectivity index (χ1) is 9.19. The third-order valence-electron chi connectivity index (χ3n) is 2.68.